The molecule has 2 N–H and O–H groups in total. The summed E-state index contributed by atoms with van der Waals surface area (Å²) < 4.78 is 1.75. The maximum absolute atomic E-state index is 11.7. The summed E-state index contributed by atoms with van der Waals surface area (Å²) in [5, 5.41) is 4.81. The summed E-state index contributed by atoms with van der Waals surface area (Å²) in [5.74, 6) is 0.475. The third kappa shape index (κ3) is 2.18. The van der Waals surface area contributed by atoms with E-state index < -0.39 is 0 Å². The Morgan fingerprint density at radius 1 is 1.11 bits per heavy atom. The summed E-state index contributed by atoms with van der Waals surface area (Å²) in [6, 6.07) is 12.9. The maximum Gasteiger partial charge on any atom is 0.207 e. The molecule has 2 heterocycles. The Labute approximate surface area is 109 Å². The van der Waals surface area contributed by atoms with Crippen LogP contribution in [0.25, 0.3) is 10.9 Å². The van der Waals surface area contributed by atoms with Gasteiger partial charge in [-0.05, 0) is 24.3 Å². The van der Waals surface area contributed by atoms with Gasteiger partial charge in [-0.3, -0.25) is 9.48 Å². The third-order valence-corrected chi connectivity index (χ3v) is 2.90. The van der Waals surface area contributed by atoms with E-state index in [9.17, 15) is 4.79 Å². The lowest BCUT2D eigenvalue weighted by atomic mass is 10.2. The second-order valence-corrected chi connectivity index (χ2v) is 4.24. The largest absolute Gasteiger partial charge is 0.384 e. The molecule has 5 nitrogen and oxygen atoms in total. The molecule has 2 aromatic heterocycles. The van der Waals surface area contributed by atoms with Gasteiger partial charge in [0.05, 0.1) is 24.0 Å². The number of hydrogen-bond acceptors (Lipinski definition) is 4. The molecule has 0 aliphatic heterocycles. The Morgan fingerprint density at radius 3 is 2.79 bits per heavy atom. The zero-order valence-electron chi connectivity index (χ0n) is 10.2. The molecule has 94 valence electrons. The lowest BCUT2D eigenvalue weighted by Gasteiger charge is -2.08. The van der Waals surface area contributed by atoms with Crippen molar-refractivity contribution in [2.24, 2.45) is 0 Å². The minimum absolute atomic E-state index is 0.0765. The van der Waals surface area contributed by atoms with E-state index in [1.54, 1.807) is 16.8 Å². The molecule has 0 spiro atoms. The topological polar surface area (TPSA) is 73.8 Å². The van der Waals surface area contributed by atoms with Gasteiger partial charge in [-0.25, -0.2) is 4.98 Å². The van der Waals surface area contributed by atoms with E-state index in [-0.39, 0.29) is 5.43 Å². The quantitative estimate of drug-likeness (QED) is 0.748. The number of fused-ring (bicyclic) bond motifs is 1. The van der Waals surface area contributed by atoms with Crippen molar-refractivity contribution in [3.05, 3.63) is 64.6 Å². The third-order valence-electron chi connectivity index (χ3n) is 2.90. The van der Waals surface area contributed by atoms with Gasteiger partial charge in [0.15, 0.2) is 0 Å². The van der Waals surface area contributed by atoms with Crippen molar-refractivity contribution >= 4 is 16.7 Å². The zero-order valence-corrected chi connectivity index (χ0v) is 10.2. The average Bonchev–Trinajstić information content (AvgIpc) is 2.42. The van der Waals surface area contributed by atoms with Crippen molar-refractivity contribution < 1.29 is 0 Å². The molecule has 5 heteroatoms. The molecule has 0 bridgehead atoms. The minimum atomic E-state index is -0.0765. The van der Waals surface area contributed by atoms with Crippen LogP contribution in [0.15, 0.2) is 53.5 Å². The van der Waals surface area contributed by atoms with E-state index in [1.807, 2.05) is 30.3 Å². The lowest BCUT2D eigenvalue weighted by molar-refractivity contribution is 0.681. The first kappa shape index (κ1) is 11.4. The van der Waals surface area contributed by atoms with Crippen molar-refractivity contribution in [1.82, 2.24) is 14.8 Å². The first-order chi connectivity index (χ1) is 9.24. The van der Waals surface area contributed by atoms with E-state index in [4.69, 9.17) is 5.73 Å². The molecule has 3 aromatic rings. The van der Waals surface area contributed by atoms with Crippen molar-refractivity contribution in [3.63, 3.8) is 0 Å². The molecule has 3 rings (SSSR count). The number of nitrogens with two attached hydrogens (primary N) is 1. The van der Waals surface area contributed by atoms with Gasteiger partial charge in [0.1, 0.15) is 5.82 Å². The number of benzene rings is 1. The Bertz CT molecular complexity index is 795. The van der Waals surface area contributed by atoms with Crippen LogP contribution in [0.5, 0.6) is 0 Å². The fraction of sp³-hybridized carbons (Fsp3) is 0.0714. The Balaban J connectivity index is 2.11. The van der Waals surface area contributed by atoms with Gasteiger partial charge in [-0.1, -0.05) is 18.2 Å². The summed E-state index contributed by atoms with van der Waals surface area (Å²) in [6.07, 6.45) is 1.33. The van der Waals surface area contributed by atoms with Crippen LogP contribution in [-0.2, 0) is 6.54 Å². The molecular weight excluding hydrogens is 240 g/mol. The fourth-order valence-corrected chi connectivity index (χ4v) is 2.03. The number of aromatic nitrogens is 3. The van der Waals surface area contributed by atoms with Gasteiger partial charge >= 0.3 is 0 Å². The molecule has 0 atom stereocenters. The summed E-state index contributed by atoms with van der Waals surface area (Å²) in [5.41, 5.74) is 7.18. The highest BCUT2D eigenvalue weighted by molar-refractivity contribution is 5.77. The number of rotatable bonds is 2. The molecule has 0 amide bonds. The van der Waals surface area contributed by atoms with E-state index >= 15 is 0 Å². The Kier molecular flexibility index (Phi) is 2.72. The van der Waals surface area contributed by atoms with Gasteiger partial charge in [0.2, 0.25) is 5.43 Å². The van der Waals surface area contributed by atoms with Crippen LogP contribution >= 0.6 is 0 Å². The van der Waals surface area contributed by atoms with Crippen LogP contribution in [0, 0.1) is 0 Å². The summed E-state index contributed by atoms with van der Waals surface area (Å²) in [7, 11) is 0. The zero-order chi connectivity index (χ0) is 13.2. The molecule has 0 saturated heterocycles. The molecule has 0 aliphatic rings. The first-order valence-electron chi connectivity index (χ1n) is 5.90. The van der Waals surface area contributed by atoms with Gasteiger partial charge in [-0.2, -0.15) is 5.10 Å². The fourth-order valence-electron chi connectivity index (χ4n) is 2.03. The summed E-state index contributed by atoms with van der Waals surface area (Å²) in [4.78, 5) is 16.0. The van der Waals surface area contributed by atoms with Gasteiger partial charge in [-0.15, -0.1) is 0 Å². The molecule has 0 aliphatic carbocycles. The summed E-state index contributed by atoms with van der Waals surface area (Å²) >= 11 is 0. The van der Waals surface area contributed by atoms with Crippen LogP contribution in [0.2, 0.25) is 0 Å². The van der Waals surface area contributed by atoms with Gasteiger partial charge in [0, 0.05) is 5.39 Å². The highest BCUT2D eigenvalue weighted by Gasteiger charge is 2.04. The van der Waals surface area contributed by atoms with Gasteiger partial charge in [0.25, 0.3) is 0 Å². The maximum atomic E-state index is 11.7. The van der Waals surface area contributed by atoms with E-state index in [1.165, 1.54) is 6.20 Å². The number of nitrogens with zero attached hydrogens (tertiary/aromatic N) is 3. The molecule has 1 aromatic carbocycles. The number of pyridine rings is 1. The molecule has 0 radical (unpaired) electrons. The Hall–Kier alpha value is -2.69. The predicted octanol–water partition coefficient (Wildman–Crippen LogP) is 1.42. The van der Waals surface area contributed by atoms with Gasteiger partial charge < -0.3 is 5.73 Å². The second kappa shape index (κ2) is 4.53. The highest BCUT2D eigenvalue weighted by Crippen LogP contribution is 2.10. The van der Waals surface area contributed by atoms with Crippen molar-refractivity contribution in [3.8, 4) is 0 Å². The lowest BCUT2D eigenvalue weighted by Crippen LogP contribution is -2.13. The van der Waals surface area contributed by atoms with Crippen LogP contribution < -0.4 is 11.2 Å². The molecule has 0 fully saturated rings. The van der Waals surface area contributed by atoms with E-state index in [2.05, 4.69) is 10.1 Å². The van der Waals surface area contributed by atoms with Crippen LogP contribution in [0.1, 0.15) is 5.69 Å². The number of anilines is 1. The van der Waals surface area contributed by atoms with E-state index in [0.717, 1.165) is 11.2 Å². The highest BCUT2D eigenvalue weighted by atomic mass is 16.1. The van der Waals surface area contributed by atoms with Crippen LogP contribution in [0.4, 0.5) is 5.82 Å². The molecule has 0 saturated carbocycles. The Morgan fingerprint density at radius 2 is 1.95 bits per heavy atom. The molecular formula is C14H12N4O. The second-order valence-electron chi connectivity index (χ2n) is 4.24. The first-order valence-corrected chi connectivity index (χ1v) is 5.90. The number of hydrogen-bond donors (Lipinski definition) is 1. The number of para-hydroxylation sites is 1. The van der Waals surface area contributed by atoms with E-state index in [0.29, 0.717) is 17.7 Å². The molecule has 19 heavy (non-hydrogen) atoms. The summed E-state index contributed by atoms with van der Waals surface area (Å²) in [6.45, 7) is 0.478. The minimum Gasteiger partial charge on any atom is -0.384 e. The normalized spacial score (nSPS) is 10.7. The number of nitrogen functional groups attached to an aromatic ring is 1. The predicted molar refractivity (Wildman–Crippen MR) is 73.8 cm³/mol. The smallest absolute Gasteiger partial charge is 0.207 e. The van der Waals surface area contributed by atoms with Crippen molar-refractivity contribution in [2.45, 2.75) is 6.54 Å². The standard InChI is InChI=1S/C14H12N4O/c15-14-7-3-4-10(17-14)9-18-12-6-2-1-5-11(12)13(19)8-16-18/h1-8H,9H2,(H2,15,17). The monoisotopic (exact) mass is 252 g/mol. The van der Waals surface area contributed by atoms with Crippen LogP contribution in [-0.4, -0.2) is 14.8 Å². The molecule has 0 unspecified atom stereocenters. The average molecular weight is 252 g/mol. The SMILES string of the molecule is Nc1cccc(Cn2ncc(=O)c3ccccc32)n1. The van der Waals surface area contributed by atoms with Crippen molar-refractivity contribution in [1.29, 1.82) is 0 Å². The van der Waals surface area contributed by atoms with Crippen molar-refractivity contribution in [2.75, 3.05) is 5.73 Å². The van der Waals surface area contributed by atoms with Crippen LogP contribution in [0.3, 0.4) is 0 Å².